The Labute approximate surface area is 114 Å². The Morgan fingerprint density at radius 1 is 1.12 bits per heavy atom. The Hall–Kier alpha value is -0.830. The lowest BCUT2D eigenvalue weighted by Crippen LogP contribution is -2.02. The van der Waals surface area contributed by atoms with Crippen LogP contribution in [0.3, 0.4) is 0 Å². The summed E-state index contributed by atoms with van der Waals surface area (Å²) in [5, 5.41) is 10.9. The van der Waals surface area contributed by atoms with Gasteiger partial charge in [-0.3, -0.25) is 0 Å². The van der Waals surface area contributed by atoms with Crippen LogP contribution >= 0.6 is 27.5 Å². The predicted molar refractivity (Wildman–Crippen MR) is 74.4 cm³/mol. The average molecular weight is 312 g/mol. The number of rotatable bonds is 2. The van der Waals surface area contributed by atoms with Crippen molar-refractivity contribution in [3.05, 3.63) is 68.7 Å². The minimum Gasteiger partial charge on any atom is -0.384 e. The first kappa shape index (κ1) is 12.6. The van der Waals surface area contributed by atoms with E-state index in [0.29, 0.717) is 5.02 Å². The smallest absolute Gasteiger partial charge is 0.106 e. The van der Waals surface area contributed by atoms with Gasteiger partial charge in [-0.25, -0.2) is 0 Å². The van der Waals surface area contributed by atoms with Crippen LogP contribution in [-0.4, -0.2) is 5.11 Å². The molecule has 0 amide bonds. The number of benzene rings is 2. The van der Waals surface area contributed by atoms with Gasteiger partial charge in [0, 0.05) is 15.1 Å². The van der Waals surface area contributed by atoms with Crippen LogP contribution in [0.15, 0.2) is 46.9 Å². The summed E-state index contributed by atoms with van der Waals surface area (Å²) in [6, 6.07) is 13.3. The molecule has 0 aliphatic heterocycles. The number of hydrogen-bond donors (Lipinski definition) is 1. The fraction of sp³-hybridized carbons (Fsp3) is 0.143. The maximum absolute atomic E-state index is 10.3. The summed E-state index contributed by atoms with van der Waals surface area (Å²) in [5.74, 6) is 0. The van der Waals surface area contributed by atoms with Crippen LogP contribution in [0, 0.1) is 6.92 Å². The van der Waals surface area contributed by atoms with Crippen molar-refractivity contribution in [1.29, 1.82) is 0 Å². The molecule has 0 spiro atoms. The van der Waals surface area contributed by atoms with E-state index in [1.165, 1.54) is 0 Å². The molecule has 0 bridgehead atoms. The van der Waals surface area contributed by atoms with Crippen LogP contribution in [0.4, 0.5) is 0 Å². The lowest BCUT2D eigenvalue weighted by molar-refractivity contribution is 0.219. The summed E-state index contributed by atoms with van der Waals surface area (Å²) in [7, 11) is 0. The van der Waals surface area contributed by atoms with Gasteiger partial charge in [0.1, 0.15) is 6.10 Å². The second-order valence-corrected chi connectivity index (χ2v) is 5.25. The van der Waals surface area contributed by atoms with Crippen LogP contribution < -0.4 is 0 Å². The number of halogens is 2. The standard InChI is InChI=1S/C14H12BrClO/c1-9-4-2-3-5-11(9)14(17)12-7-6-10(15)8-13(12)16/h2-8,14,17H,1H3. The van der Waals surface area contributed by atoms with Crippen LogP contribution in [0.1, 0.15) is 22.8 Å². The minimum absolute atomic E-state index is 0.565. The molecule has 0 radical (unpaired) electrons. The SMILES string of the molecule is Cc1ccccc1C(O)c1ccc(Br)cc1Cl. The van der Waals surface area contributed by atoms with Crippen molar-refractivity contribution in [2.75, 3.05) is 0 Å². The summed E-state index contributed by atoms with van der Waals surface area (Å²) in [6.45, 7) is 1.98. The van der Waals surface area contributed by atoms with E-state index < -0.39 is 6.10 Å². The maximum Gasteiger partial charge on any atom is 0.106 e. The average Bonchev–Trinajstić information content (AvgIpc) is 2.29. The predicted octanol–water partition coefficient (Wildman–Crippen LogP) is 4.49. The van der Waals surface area contributed by atoms with Gasteiger partial charge in [0.15, 0.2) is 0 Å². The highest BCUT2D eigenvalue weighted by Gasteiger charge is 2.15. The van der Waals surface area contributed by atoms with Crippen molar-refractivity contribution in [3.8, 4) is 0 Å². The second-order valence-electron chi connectivity index (χ2n) is 3.92. The third kappa shape index (κ3) is 2.71. The molecule has 0 saturated heterocycles. The molecule has 0 aromatic heterocycles. The van der Waals surface area contributed by atoms with E-state index in [-0.39, 0.29) is 0 Å². The third-order valence-electron chi connectivity index (χ3n) is 2.74. The van der Waals surface area contributed by atoms with Crippen LogP contribution in [-0.2, 0) is 0 Å². The van der Waals surface area contributed by atoms with Gasteiger partial charge in [-0.15, -0.1) is 0 Å². The fourth-order valence-electron chi connectivity index (χ4n) is 1.78. The van der Waals surface area contributed by atoms with Gasteiger partial charge in [-0.2, -0.15) is 0 Å². The molecule has 2 rings (SSSR count). The molecule has 1 nitrogen and oxygen atoms in total. The summed E-state index contributed by atoms with van der Waals surface area (Å²) in [4.78, 5) is 0. The van der Waals surface area contributed by atoms with Gasteiger partial charge < -0.3 is 5.11 Å². The highest BCUT2D eigenvalue weighted by molar-refractivity contribution is 9.10. The van der Waals surface area contributed by atoms with Gasteiger partial charge in [0.2, 0.25) is 0 Å². The molecule has 2 aromatic carbocycles. The van der Waals surface area contributed by atoms with Crippen LogP contribution in [0.25, 0.3) is 0 Å². The molecule has 0 saturated carbocycles. The maximum atomic E-state index is 10.3. The first-order valence-corrected chi connectivity index (χ1v) is 6.45. The van der Waals surface area contributed by atoms with Gasteiger partial charge in [-0.1, -0.05) is 57.9 Å². The molecular weight excluding hydrogens is 300 g/mol. The zero-order valence-electron chi connectivity index (χ0n) is 9.32. The zero-order valence-corrected chi connectivity index (χ0v) is 11.7. The molecule has 1 N–H and O–H groups in total. The lowest BCUT2D eigenvalue weighted by atomic mass is 9.98. The molecule has 1 atom stereocenters. The first-order chi connectivity index (χ1) is 8.09. The quantitative estimate of drug-likeness (QED) is 0.866. The van der Waals surface area contributed by atoms with Gasteiger partial charge >= 0.3 is 0 Å². The van der Waals surface area contributed by atoms with Gasteiger partial charge in [0.25, 0.3) is 0 Å². The summed E-state index contributed by atoms with van der Waals surface area (Å²) in [6.07, 6.45) is -0.684. The summed E-state index contributed by atoms with van der Waals surface area (Å²) in [5.41, 5.74) is 2.67. The molecule has 0 aliphatic rings. The van der Waals surface area contributed by atoms with Gasteiger partial charge in [0.05, 0.1) is 0 Å². The molecule has 2 aromatic rings. The first-order valence-electron chi connectivity index (χ1n) is 5.28. The Morgan fingerprint density at radius 2 is 1.82 bits per heavy atom. The normalized spacial score (nSPS) is 12.5. The van der Waals surface area contributed by atoms with Crippen LogP contribution in [0.5, 0.6) is 0 Å². The van der Waals surface area contributed by atoms with Crippen molar-refractivity contribution in [1.82, 2.24) is 0 Å². The van der Waals surface area contributed by atoms with Crippen molar-refractivity contribution < 1.29 is 5.11 Å². The number of hydrogen-bond acceptors (Lipinski definition) is 1. The molecule has 3 heteroatoms. The van der Waals surface area contributed by atoms with E-state index in [9.17, 15) is 5.11 Å². The summed E-state index contributed by atoms with van der Waals surface area (Å²) < 4.78 is 0.906. The lowest BCUT2D eigenvalue weighted by Gasteiger charge is -2.15. The molecular formula is C14H12BrClO. The Balaban J connectivity index is 2.44. The number of aryl methyl sites for hydroxylation is 1. The monoisotopic (exact) mass is 310 g/mol. The van der Waals surface area contributed by atoms with Crippen molar-refractivity contribution >= 4 is 27.5 Å². The van der Waals surface area contributed by atoms with E-state index in [1.807, 2.05) is 43.3 Å². The van der Waals surface area contributed by atoms with E-state index in [2.05, 4.69) is 15.9 Å². The van der Waals surface area contributed by atoms with E-state index in [0.717, 1.165) is 21.2 Å². The number of aliphatic hydroxyl groups is 1. The molecule has 0 aliphatic carbocycles. The van der Waals surface area contributed by atoms with E-state index in [4.69, 9.17) is 11.6 Å². The Morgan fingerprint density at radius 3 is 2.47 bits per heavy atom. The molecule has 88 valence electrons. The molecule has 1 unspecified atom stereocenters. The summed E-state index contributed by atoms with van der Waals surface area (Å²) >= 11 is 9.49. The van der Waals surface area contributed by atoms with Crippen LogP contribution in [0.2, 0.25) is 5.02 Å². The van der Waals surface area contributed by atoms with E-state index in [1.54, 1.807) is 6.07 Å². The Bertz CT molecular complexity index is 539. The highest BCUT2D eigenvalue weighted by atomic mass is 79.9. The Kier molecular flexibility index (Phi) is 3.87. The minimum atomic E-state index is -0.684. The second kappa shape index (κ2) is 5.21. The van der Waals surface area contributed by atoms with Crippen molar-refractivity contribution in [2.45, 2.75) is 13.0 Å². The molecule has 17 heavy (non-hydrogen) atoms. The topological polar surface area (TPSA) is 20.2 Å². The number of aliphatic hydroxyl groups excluding tert-OH is 1. The largest absolute Gasteiger partial charge is 0.384 e. The van der Waals surface area contributed by atoms with Crippen molar-refractivity contribution in [3.63, 3.8) is 0 Å². The van der Waals surface area contributed by atoms with Crippen molar-refractivity contribution in [2.24, 2.45) is 0 Å². The molecule has 0 heterocycles. The van der Waals surface area contributed by atoms with Gasteiger partial charge in [-0.05, 0) is 30.2 Å². The highest BCUT2D eigenvalue weighted by Crippen LogP contribution is 2.31. The zero-order chi connectivity index (χ0) is 12.4. The molecule has 0 fully saturated rings. The fourth-order valence-corrected chi connectivity index (χ4v) is 2.56. The third-order valence-corrected chi connectivity index (χ3v) is 3.56. The van der Waals surface area contributed by atoms with E-state index >= 15 is 0 Å².